The molecule has 0 saturated heterocycles. The smallest absolute Gasteiger partial charge is 0.0537 e. The van der Waals surface area contributed by atoms with Gasteiger partial charge in [-0.3, -0.25) is 4.68 Å². The Morgan fingerprint density at radius 2 is 2.33 bits per heavy atom. The van der Waals surface area contributed by atoms with Crippen LogP contribution in [0.3, 0.4) is 0 Å². The van der Waals surface area contributed by atoms with Gasteiger partial charge >= 0.3 is 0 Å². The fourth-order valence-electron chi connectivity index (χ4n) is 2.23. The molecule has 0 spiro atoms. The minimum absolute atomic E-state index is 0.562. The first-order valence-corrected chi connectivity index (χ1v) is 6.03. The molecule has 84 valence electrons. The number of hydrogen-bond donors (Lipinski definition) is 1. The molecule has 1 aromatic rings. The predicted molar refractivity (Wildman–Crippen MR) is 61.5 cm³/mol. The van der Waals surface area contributed by atoms with Gasteiger partial charge in [0.15, 0.2) is 0 Å². The van der Waals surface area contributed by atoms with Crippen molar-refractivity contribution in [3.63, 3.8) is 0 Å². The summed E-state index contributed by atoms with van der Waals surface area (Å²) in [5.41, 5.74) is 8.32. The van der Waals surface area contributed by atoms with Crippen molar-refractivity contribution in [1.29, 1.82) is 0 Å². The number of hydrogen-bond acceptors (Lipinski definition) is 2. The molecule has 1 aliphatic carbocycles. The molecule has 1 aliphatic rings. The fraction of sp³-hybridized carbons (Fsp3) is 0.750. The van der Waals surface area contributed by atoms with Gasteiger partial charge in [-0.25, -0.2) is 0 Å². The van der Waals surface area contributed by atoms with E-state index in [1.54, 1.807) is 0 Å². The van der Waals surface area contributed by atoms with Crippen molar-refractivity contribution in [2.75, 3.05) is 0 Å². The normalized spacial score (nSPS) is 18.1. The van der Waals surface area contributed by atoms with Crippen molar-refractivity contribution in [2.24, 2.45) is 11.7 Å². The second-order valence-corrected chi connectivity index (χ2v) is 4.59. The van der Waals surface area contributed by atoms with E-state index in [1.807, 2.05) is 6.20 Å². The highest BCUT2D eigenvalue weighted by Crippen LogP contribution is 2.39. The third kappa shape index (κ3) is 2.07. The van der Waals surface area contributed by atoms with Crippen LogP contribution in [0.2, 0.25) is 0 Å². The quantitative estimate of drug-likeness (QED) is 0.805. The highest BCUT2D eigenvalue weighted by molar-refractivity contribution is 5.18. The molecule has 3 nitrogen and oxygen atoms in total. The number of nitrogens with zero attached hydrogens (tertiary/aromatic N) is 2. The predicted octanol–water partition coefficient (Wildman–Crippen LogP) is 2.27. The first-order chi connectivity index (χ1) is 7.27. The molecule has 0 amide bonds. The highest BCUT2D eigenvalue weighted by atomic mass is 15.3. The van der Waals surface area contributed by atoms with Gasteiger partial charge in [-0.2, -0.15) is 5.10 Å². The van der Waals surface area contributed by atoms with Crippen LogP contribution in [0, 0.1) is 5.92 Å². The molecule has 1 aromatic heterocycles. The molecule has 0 aromatic carbocycles. The summed E-state index contributed by atoms with van der Waals surface area (Å²) < 4.78 is 2.21. The van der Waals surface area contributed by atoms with Gasteiger partial charge in [0.1, 0.15) is 0 Å². The highest BCUT2D eigenvalue weighted by Gasteiger charge is 2.30. The summed E-state index contributed by atoms with van der Waals surface area (Å²) in [6.07, 6.45) is 6.94. The van der Waals surface area contributed by atoms with Crippen LogP contribution < -0.4 is 5.73 Å². The van der Waals surface area contributed by atoms with Gasteiger partial charge in [-0.15, -0.1) is 0 Å². The van der Waals surface area contributed by atoms with Crippen molar-refractivity contribution in [3.8, 4) is 0 Å². The van der Waals surface area contributed by atoms with E-state index in [0.29, 0.717) is 12.6 Å². The van der Waals surface area contributed by atoms with E-state index >= 15 is 0 Å². The van der Waals surface area contributed by atoms with Crippen molar-refractivity contribution < 1.29 is 0 Å². The molecule has 0 radical (unpaired) electrons. The van der Waals surface area contributed by atoms with Crippen LogP contribution in [0.25, 0.3) is 0 Å². The molecular weight excluding hydrogens is 186 g/mol. The van der Waals surface area contributed by atoms with Gasteiger partial charge < -0.3 is 5.73 Å². The summed E-state index contributed by atoms with van der Waals surface area (Å²) >= 11 is 0. The zero-order valence-electron chi connectivity index (χ0n) is 9.74. The molecule has 1 fully saturated rings. The molecule has 1 saturated carbocycles. The Labute approximate surface area is 91.7 Å². The van der Waals surface area contributed by atoms with Gasteiger partial charge in [0.05, 0.1) is 12.2 Å². The molecule has 2 rings (SSSR count). The average molecular weight is 207 g/mol. The van der Waals surface area contributed by atoms with Gasteiger partial charge in [0, 0.05) is 17.8 Å². The van der Waals surface area contributed by atoms with Crippen molar-refractivity contribution in [2.45, 2.75) is 52.1 Å². The molecule has 0 bridgehead atoms. The second kappa shape index (κ2) is 4.35. The first-order valence-electron chi connectivity index (χ1n) is 6.03. The Kier molecular flexibility index (Phi) is 3.10. The maximum absolute atomic E-state index is 5.73. The molecule has 15 heavy (non-hydrogen) atoms. The summed E-state index contributed by atoms with van der Waals surface area (Å²) in [6.45, 7) is 5.11. The van der Waals surface area contributed by atoms with Crippen LogP contribution in [0.15, 0.2) is 6.20 Å². The number of nitrogens with two attached hydrogens (primary N) is 1. The molecule has 3 heteroatoms. The molecule has 2 N–H and O–H groups in total. The van der Waals surface area contributed by atoms with Crippen LogP contribution in [-0.2, 0) is 13.0 Å². The SMILES string of the molecule is CCCc1c(CN)cnn1C(C)C1CC1. The van der Waals surface area contributed by atoms with E-state index in [1.165, 1.54) is 24.1 Å². The minimum Gasteiger partial charge on any atom is -0.326 e. The molecule has 1 heterocycles. The third-order valence-electron chi connectivity index (χ3n) is 3.38. The Morgan fingerprint density at radius 3 is 2.87 bits per heavy atom. The molecule has 0 aliphatic heterocycles. The average Bonchev–Trinajstić information content (AvgIpc) is 3.00. The van der Waals surface area contributed by atoms with E-state index < -0.39 is 0 Å². The van der Waals surface area contributed by atoms with Crippen molar-refractivity contribution >= 4 is 0 Å². The lowest BCUT2D eigenvalue weighted by molar-refractivity contribution is 0.423. The fourth-order valence-corrected chi connectivity index (χ4v) is 2.23. The zero-order valence-corrected chi connectivity index (χ0v) is 9.74. The Morgan fingerprint density at radius 1 is 1.60 bits per heavy atom. The standard InChI is InChI=1S/C12H21N3/c1-3-4-12-11(7-13)8-14-15(12)9(2)10-5-6-10/h8-10H,3-7,13H2,1-2H3. The van der Waals surface area contributed by atoms with Crippen LogP contribution in [0.4, 0.5) is 0 Å². The Hall–Kier alpha value is -0.830. The minimum atomic E-state index is 0.562. The van der Waals surface area contributed by atoms with E-state index in [0.717, 1.165) is 18.8 Å². The van der Waals surface area contributed by atoms with Crippen molar-refractivity contribution in [3.05, 3.63) is 17.5 Å². The second-order valence-electron chi connectivity index (χ2n) is 4.59. The van der Waals surface area contributed by atoms with E-state index in [-0.39, 0.29) is 0 Å². The maximum Gasteiger partial charge on any atom is 0.0537 e. The van der Waals surface area contributed by atoms with Crippen LogP contribution in [0.1, 0.15) is 50.4 Å². The molecule has 1 atom stereocenters. The van der Waals surface area contributed by atoms with E-state index in [2.05, 4.69) is 23.6 Å². The van der Waals surface area contributed by atoms with E-state index in [4.69, 9.17) is 5.73 Å². The molecule has 1 unspecified atom stereocenters. The van der Waals surface area contributed by atoms with Gasteiger partial charge in [-0.1, -0.05) is 13.3 Å². The Balaban J connectivity index is 2.24. The summed E-state index contributed by atoms with van der Waals surface area (Å²) in [5, 5.41) is 4.50. The lowest BCUT2D eigenvalue weighted by atomic mass is 10.1. The van der Waals surface area contributed by atoms with E-state index in [9.17, 15) is 0 Å². The first kappa shape index (κ1) is 10.7. The topological polar surface area (TPSA) is 43.8 Å². The third-order valence-corrected chi connectivity index (χ3v) is 3.38. The summed E-state index contributed by atoms with van der Waals surface area (Å²) in [4.78, 5) is 0. The monoisotopic (exact) mass is 207 g/mol. The van der Waals surface area contributed by atoms with Gasteiger partial charge in [0.25, 0.3) is 0 Å². The summed E-state index contributed by atoms with van der Waals surface area (Å²) in [7, 11) is 0. The zero-order chi connectivity index (χ0) is 10.8. The van der Waals surface area contributed by atoms with Crippen LogP contribution in [-0.4, -0.2) is 9.78 Å². The lowest BCUT2D eigenvalue weighted by Gasteiger charge is -2.15. The summed E-state index contributed by atoms with van der Waals surface area (Å²) in [6, 6.07) is 0.562. The van der Waals surface area contributed by atoms with Gasteiger partial charge in [-0.05, 0) is 32.1 Å². The van der Waals surface area contributed by atoms with Gasteiger partial charge in [0.2, 0.25) is 0 Å². The Bertz CT molecular complexity index is 326. The lowest BCUT2D eigenvalue weighted by Crippen LogP contribution is -2.13. The number of rotatable bonds is 5. The van der Waals surface area contributed by atoms with Crippen LogP contribution >= 0.6 is 0 Å². The van der Waals surface area contributed by atoms with Crippen molar-refractivity contribution in [1.82, 2.24) is 9.78 Å². The number of aromatic nitrogens is 2. The summed E-state index contributed by atoms with van der Waals surface area (Å²) in [5.74, 6) is 0.853. The largest absolute Gasteiger partial charge is 0.326 e. The molecular formula is C12H21N3. The maximum atomic E-state index is 5.73. The van der Waals surface area contributed by atoms with Crippen LogP contribution in [0.5, 0.6) is 0 Å².